The van der Waals surface area contributed by atoms with E-state index in [1.165, 1.54) is 12.1 Å². The van der Waals surface area contributed by atoms with Crippen molar-refractivity contribution in [3.05, 3.63) is 65.6 Å². The third-order valence-electron chi connectivity index (χ3n) is 5.04. The zero-order chi connectivity index (χ0) is 19.5. The Kier molecular flexibility index (Phi) is 5.06. The largest absolute Gasteiger partial charge is 0.368 e. The first-order valence-corrected chi connectivity index (χ1v) is 9.38. The smallest absolute Gasteiger partial charge is 0.247 e. The maximum absolute atomic E-state index is 13.1. The summed E-state index contributed by atoms with van der Waals surface area (Å²) in [6.45, 7) is 7.35. The zero-order valence-corrected chi connectivity index (χ0v) is 16.1. The van der Waals surface area contributed by atoms with E-state index in [9.17, 15) is 4.39 Å². The van der Waals surface area contributed by atoms with Gasteiger partial charge in [0, 0.05) is 37.6 Å². The molecule has 0 unspecified atom stereocenters. The predicted octanol–water partition coefficient (Wildman–Crippen LogP) is 3.70. The number of aromatic nitrogens is 3. The van der Waals surface area contributed by atoms with Crippen molar-refractivity contribution in [3.63, 3.8) is 0 Å². The molecule has 28 heavy (non-hydrogen) atoms. The molecule has 0 bridgehead atoms. The van der Waals surface area contributed by atoms with Crippen molar-refractivity contribution in [2.75, 3.05) is 41.3 Å². The van der Waals surface area contributed by atoms with Crippen LogP contribution in [0.4, 0.5) is 27.5 Å². The molecule has 1 aliphatic heterocycles. The van der Waals surface area contributed by atoms with Crippen LogP contribution in [0.25, 0.3) is 0 Å². The zero-order valence-electron chi connectivity index (χ0n) is 16.1. The van der Waals surface area contributed by atoms with E-state index in [0.29, 0.717) is 11.8 Å². The predicted molar refractivity (Wildman–Crippen MR) is 110 cm³/mol. The van der Waals surface area contributed by atoms with Crippen molar-refractivity contribution in [1.82, 2.24) is 15.2 Å². The van der Waals surface area contributed by atoms with Crippen LogP contribution in [0.2, 0.25) is 0 Å². The first-order valence-electron chi connectivity index (χ1n) is 9.38. The van der Waals surface area contributed by atoms with Crippen molar-refractivity contribution < 1.29 is 4.39 Å². The fourth-order valence-electron chi connectivity index (χ4n) is 3.44. The Labute approximate surface area is 164 Å². The lowest BCUT2D eigenvalue weighted by atomic mass is 10.1. The summed E-state index contributed by atoms with van der Waals surface area (Å²) in [6.07, 6.45) is 1.64. The summed E-state index contributed by atoms with van der Waals surface area (Å²) in [4.78, 5) is 9.02. The molecule has 1 saturated heterocycles. The molecule has 1 N–H and O–H groups in total. The average molecular weight is 378 g/mol. The number of nitrogens with zero attached hydrogens (tertiary/aromatic N) is 5. The van der Waals surface area contributed by atoms with E-state index in [1.807, 2.05) is 18.2 Å². The van der Waals surface area contributed by atoms with Crippen molar-refractivity contribution in [2.24, 2.45) is 0 Å². The van der Waals surface area contributed by atoms with E-state index in [4.69, 9.17) is 0 Å². The molecular formula is C21H23FN6. The molecule has 0 spiro atoms. The van der Waals surface area contributed by atoms with Crippen molar-refractivity contribution >= 4 is 23.1 Å². The molecule has 7 heteroatoms. The molecule has 2 heterocycles. The Hall–Kier alpha value is -3.22. The van der Waals surface area contributed by atoms with Crippen molar-refractivity contribution in [2.45, 2.75) is 13.8 Å². The molecule has 1 aliphatic rings. The lowest BCUT2D eigenvalue weighted by Gasteiger charge is -2.35. The number of para-hydroxylation sites is 1. The Morgan fingerprint density at radius 2 is 1.54 bits per heavy atom. The van der Waals surface area contributed by atoms with Gasteiger partial charge < -0.3 is 15.1 Å². The minimum atomic E-state index is -0.213. The van der Waals surface area contributed by atoms with Gasteiger partial charge in [0.15, 0.2) is 5.82 Å². The minimum Gasteiger partial charge on any atom is -0.368 e. The molecule has 144 valence electrons. The molecule has 1 fully saturated rings. The van der Waals surface area contributed by atoms with Gasteiger partial charge in [-0.3, -0.25) is 0 Å². The molecule has 0 amide bonds. The van der Waals surface area contributed by atoms with Gasteiger partial charge in [0.2, 0.25) is 5.95 Å². The standard InChI is InChI=1S/C21H23FN6/c1-15-4-3-5-16(2)20(15)24-19-14-23-26-21(25-19)28-12-10-27(11-13-28)18-8-6-17(22)7-9-18/h3-9,14H,10-13H2,1-2H3,(H,24,25,26). The van der Waals surface area contributed by atoms with E-state index < -0.39 is 0 Å². The van der Waals surface area contributed by atoms with E-state index in [1.54, 1.807) is 6.20 Å². The minimum absolute atomic E-state index is 0.213. The van der Waals surface area contributed by atoms with Crippen LogP contribution >= 0.6 is 0 Å². The summed E-state index contributed by atoms with van der Waals surface area (Å²) in [5.74, 6) is 1.09. The first-order chi connectivity index (χ1) is 13.6. The first kappa shape index (κ1) is 18.2. The van der Waals surface area contributed by atoms with Crippen LogP contribution in [-0.4, -0.2) is 41.4 Å². The summed E-state index contributed by atoms with van der Waals surface area (Å²) >= 11 is 0. The number of nitrogens with one attached hydrogen (secondary N) is 1. The monoisotopic (exact) mass is 378 g/mol. The van der Waals surface area contributed by atoms with Gasteiger partial charge in [0.25, 0.3) is 0 Å². The summed E-state index contributed by atoms with van der Waals surface area (Å²) in [5, 5.41) is 11.7. The summed E-state index contributed by atoms with van der Waals surface area (Å²) in [6, 6.07) is 12.8. The van der Waals surface area contributed by atoms with Gasteiger partial charge in [-0.15, -0.1) is 5.10 Å². The second-order valence-electron chi connectivity index (χ2n) is 6.98. The fraction of sp³-hybridized carbons (Fsp3) is 0.286. The van der Waals surface area contributed by atoms with Crippen LogP contribution in [0, 0.1) is 19.7 Å². The second kappa shape index (κ2) is 7.80. The maximum atomic E-state index is 13.1. The van der Waals surface area contributed by atoms with Gasteiger partial charge >= 0.3 is 0 Å². The highest BCUT2D eigenvalue weighted by atomic mass is 19.1. The van der Waals surface area contributed by atoms with Gasteiger partial charge in [-0.2, -0.15) is 10.1 Å². The van der Waals surface area contributed by atoms with Gasteiger partial charge in [-0.25, -0.2) is 4.39 Å². The molecule has 4 rings (SSSR count). The van der Waals surface area contributed by atoms with E-state index in [0.717, 1.165) is 48.7 Å². The van der Waals surface area contributed by atoms with Crippen LogP contribution in [0.15, 0.2) is 48.7 Å². The van der Waals surface area contributed by atoms with Gasteiger partial charge in [-0.1, -0.05) is 18.2 Å². The number of hydrogen-bond acceptors (Lipinski definition) is 6. The van der Waals surface area contributed by atoms with Crippen LogP contribution < -0.4 is 15.1 Å². The molecule has 3 aromatic rings. The SMILES string of the molecule is Cc1cccc(C)c1Nc1cnnc(N2CCN(c3ccc(F)cc3)CC2)n1. The highest BCUT2D eigenvalue weighted by Crippen LogP contribution is 2.24. The number of anilines is 4. The number of hydrogen-bond donors (Lipinski definition) is 1. The Morgan fingerprint density at radius 1 is 0.893 bits per heavy atom. The number of rotatable bonds is 4. The van der Waals surface area contributed by atoms with Crippen LogP contribution in [0.1, 0.15) is 11.1 Å². The lowest BCUT2D eigenvalue weighted by Crippen LogP contribution is -2.47. The van der Waals surface area contributed by atoms with Gasteiger partial charge in [0.1, 0.15) is 5.82 Å². The van der Waals surface area contributed by atoms with E-state index in [-0.39, 0.29) is 5.82 Å². The molecule has 2 aromatic carbocycles. The van der Waals surface area contributed by atoms with Crippen LogP contribution in [0.3, 0.4) is 0 Å². The second-order valence-corrected chi connectivity index (χ2v) is 6.98. The molecule has 1 aromatic heterocycles. The van der Waals surface area contributed by atoms with Crippen molar-refractivity contribution in [1.29, 1.82) is 0 Å². The van der Waals surface area contributed by atoms with Gasteiger partial charge in [0.05, 0.1) is 6.20 Å². The van der Waals surface area contributed by atoms with Gasteiger partial charge in [-0.05, 0) is 49.2 Å². The molecule has 0 aliphatic carbocycles. The average Bonchev–Trinajstić information content (AvgIpc) is 2.72. The van der Waals surface area contributed by atoms with Crippen molar-refractivity contribution in [3.8, 4) is 0 Å². The topological polar surface area (TPSA) is 57.2 Å². The van der Waals surface area contributed by atoms with Crippen LogP contribution in [0.5, 0.6) is 0 Å². The lowest BCUT2D eigenvalue weighted by molar-refractivity contribution is 0.622. The van der Waals surface area contributed by atoms with E-state index >= 15 is 0 Å². The summed E-state index contributed by atoms with van der Waals surface area (Å²) < 4.78 is 13.1. The fourth-order valence-corrected chi connectivity index (χ4v) is 3.44. The third-order valence-corrected chi connectivity index (χ3v) is 5.04. The highest BCUT2D eigenvalue weighted by molar-refractivity contribution is 5.64. The Balaban J connectivity index is 1.44. The number of benzene rings is 2. The molecule has 0 atom stereocenters. The Morgan fingerprint density at radius 3 is 2.21 bits per heavy atom. The highest BCUT2D eigenvalue weighted by Gasteiger charge is 2.20. The normalized spacial score (nSPS) is 14.2. The quantitative estimate of drug-likeness (QED) is 0.747. The molecule has 6 nitrogen and oxygen atoms in total. The third kappa shape index (κ3) is 3.88. The maximum Gasteiger partial charge on any atom is 0.247 e. The van der Waals surface area contributed by atoms with Crippen LogP contribution in [-0.2, 0) is 0 Å². The Bertz CT molecular complexity index is 931. The molecule has 0 radical (unpaired) electrons. The molecular weight excluding hydrogens is 355 g/mol. The number of piperazine rings is 1. The molecule has 0 saturated carbocycles. The number of aryl methyl sites for hydroxylation is 2. The van der Waals surface area contributed by atoms with E-state index in [2.05, 4.69) is 56.3 Å². The number of halogens is 1. The summed E-state index contributed by atoms with van der Waals surface area (Å²) in [5.41, 5.74) is 4.40. The summed E-state index contributed by atoms with van der Waals surface area (Å²) in [7, 11) is 0.